The summed E-state index contributed by atoms with van der Waals surface area (Å²) in [5.74, 6) is -1.25. The van der Waals surface area contributed by atoms with Crippen molar-refractivity contribution in [3.05, 3.63) is 0 Å². The van der Waals surface area contributed by atoms with Gasteiger partial charge in [-0.2, -0.15) is 0 Å². The Balaban J connectivity index is 2.34. The van der Waals surface area contributed by atoms with Crippen molar-refractivity contribution in [3.63, 3.8) is 0 Å². The Labute approximate surface area is 58.2 Å². The lowest BCUT2D eigenvalue weighted by Crippen LogP contribution is -2.49. The van der Waals surface area contributed by atoms with Crippen LogP contribution < -0.4 is 0 Å². The number of rotatable bonds is 2. The summed E-state index contributed by atoms with van der Waals surface area (Å²) in [6.45, 7) is 1.93. The number of hydrogen-bond donors (Lipinski definition) is 2. The zero-order chi connectivity index (χ0) is 6.91. The van der Waals surface area contributed by atoms with Gasteiger partial charge < -0.3 is 10.2 Å². The fourth-order valence-corrected chi connectivity index (χ4v) is 1.33. The van der Waals surface area contributed by atoms with Crippen molar-refractivity contribution >= 4 is 12.0 Å². The van der Waals surface area contributed by atoms with Crippen LogP contribution in [0.4, 0.5) is 0 Å². The van der Waals surface area contributed by atoms with Crippen LogP contribution in [0, 0.1) is 0 Å². The molecule has 0 saturated carbocycles. The van der Waals surface area contributed by atoms with E-state index in [2.05, 4.69) is 0 Å². The lowest BCUT2D eigenvalue weighted by Gasteiger charge is -2.39. The van der Waals surface area contributed by atoms with Crippen molar-refractivity contribution in [2.45, 2.75) is 31.0 Å². The van der Waals surface area contributed by atoms with Gasteiger partial charge in [0.1, 0.15) is 0 Å². The van der Waals surface area contributed by atoms with Gasteiger partial charge in [-0.25, -0.2) is 0 Å². The van der Waals surface area contributed by atoms with Gasteiger partial charge in [0.15, 0.2) is 5.44 Å². The highest BCUT2D eigenvalue weighted by Crippen LogP contribution is 2.41. The number of aliphatic hydroxyl groups is 2. The normalized spacial score (nSPS) is 42.3. The first-order valence-corrected chi connectivity index (χ1v) is 3.74. The van der Waals surface area contributed by atoms with E-state index in [1.54, 1.807) is 0 Å². The van der Waals surface area contributed by atoms with Crippen LogP contribution in [0.2, 0.25) is 0 Å². The summed E-state index contributed by atoms with van der Waals surface area (Å²) in [6.07, 6.45) is 1.31. The largest absolute Gasteiger partial charge is 0.375 e. The van der Waals surface area contributed by atoms with Crippen molar-refractivity contribution in [1.29, 1.82) is 0 Å². The van der Waals surface area contributed by atoms with E-state index in [0.29, 0.717) is 6.42 Å². The molecule has 9 heavy (non-hydrogen) atoms. The molecule has 0 amide bonds. The van der Waals surface area contributed by atoms with E-state index < -0.39 is 11.2 Å². The second kappa shape index (κ2) is 2.46. The van der Waals surface area contributed by atoms with E-state index in [-0.39, 0.29) is 0 Å². The zero-order valence-electron chi connectivity index (χ0n) is 5.20. The minimum absolute atomic E-state index is 0.501. The minimum atomic E-state index is -1.25. The molecular formula is C5H10O3S. The first-order valence-electron chi connectivity index (χ1n) is 2.94. The summed E-state index contributed by atoms with van der Waals surface area (Å²) in [6, 6.07) is 0. The Kier molecular flexibility index (Phi) is 2.00. The minimum Gasteiger partial charge on any atom is -0.375 e. The molecular weight excluding hydrogens is 140 g/mol. The maximum absolute atomic E-state index is 9.19. The van der Waals surface area contributed by atoms with Gasteiger partial charge in [-0.15, -0.1) is 0 Å². The van der Waals surface area contributed by atoms with Crippen molar-refractivity contribution in [2.24, 2.45) is 0 Å². The first kappa shape index (κ1) is 7.34. The van der Waals surface area contributed by atoms with Crippen LogP contribution >= 0.6 is 12.0 Å². The maximum Gasteiger partial charge on any atom is 0.216 e. The quantitative estimate of drug-likeness (QED) is 0.562. The Morgan fingerprint density at radius 2 is 2.44 bits per heavy atom. The fourth-order valence-electron chi connectivity index (χ4n) is 0.726. The summed E-state index contributed by atoms with van der Waals surface area (Å²) < 4.78 is 4.69. The Hall–Kier alpha value is 0.230. The molecule has 2 unspecified atom stereocenters. The van der Waals surface area contributed by atoms with Crippen LogP contribution in [0.3, 0.4) is 0 Å². The standard InChI is InChI=1S/C5H10O3S/c1-2-3-5(7)4(6)9-8-5/h4,6-7H,2-3H2,1H3. The smallest absolute Gasteiger partial charge is 0.216 e. The van der Waals surface area contributed by atoms with Gasteiger partial charge >= 0.3 is 0 Å². The molecule has 1 aliphatic rings. The molecule has 0 aromatic heterocycles. The topological polar surface area (TPSA) is 49.7 Å². The number of aliphatic hydroxyl groups excluding tert-OH is 1. The molecule has 54 valence electrons. The predicted molar refractivity (Wildman–Crippen MR) is 34.5 cm³/mol. The van der Waals surface area contributed by atoms with Gasteiger partial charge in [-0.05, 0) is 0 Å². The van der Waals surface area contributed by atoms with E-state index >= 15 is 0 Å². The van der Waals surface area contributed by atoms with Gasteiger partial charge in [-0.1, -0.05) is 13.3 Å². The van der Waals surface area contributed by atoms with Gasteiger partial charge in [0.25, 0.3) is 0 Å². The summed E-state index contributed by atoms with van der Waals surface area (Å²) >= 11 is 0.913. The first-order chi connectivity index (χ1) is 4.19. The molecule has 1 rings (SSSR count). The van der Waals surface area contributed by atoms with E-state index in [4.69, 9.17) is 9.29 Å². The third-order valence-corrected chi connectivity index (χ3v) is 2.21. The van der Waals surface area contributed by atoms with E-state index in [9.17, 15) is 5.11 Å². The summed E-state index contributed by atoms with van der Waals surface area (Å²) in [7, 11) is 0. The molecule has 1 fully saturated rings. The molecule has 0 bridgehead atoms. The van der Waals surface area contributed by atoms with Gasteiger partial charge in [0.2, 0.25) is 5.79 Å². The highest BCUT2D eigenvalue weighted by Gasteiger charge is 2.47. The average molecular weight is 150 g/mol. The molecule has 0 spiro atoms. The lowest BCUT2D eigenvalue weighted by atomic mass is 10.1. The fraction of sp³-hybridized carbons (Fsp3) is 1.00. The molecule has 0 aromatic rings. The van der Waals surface area contributed by atoms with Crippen LogP contribution in [0.25, 0.3) is 0 Å². The molecule has 0 aliphatic carbocycles. The lowest BCUT2D eigenvalue weighted by molar-refractivity contribution is -0.207. The van der Waals surface area contributed by atoms with Crippen LogP contribution in [0.15, 0.2) is 0 Å². The van der Waals surface area contributed by atoms with Crippen molar-refractivity contribution in [3.8, 4) is 0 Å². The SMILES string of the molecule is CCCC1(O)OSC1O. The van der Waals surface area contributed by atoms with E-state index in [1.165, 1.54) is 0 Å². The molecule has 2 atom stereocenters. The van der Waals surface area contributed by atoms with Crippen LogP contribution in [0.5, 0.6) is 0 Å². The molecule has 2 N–H and O–H groups in total. The highest BCUT2D eigenvalue weighted by molar-refractivity contribution is 7.96. The van der Waals surface area contributed by atoms with Crippen molar-refractivity contribution < 1.29 is 14.4 Å². The van der Waals surface area contributed by atoms with Crippen LogP contribution in [0.1, 0.15) is 19.8 Å². The Morgan fingerprint density at radius 1 is 1.78 bits per heavy atom. The number of hydrogen-bond acceptors (Lipinski definition) is 4. The molecule has 3 nitrogen and oxygen atoms in total. The second-order valence-corrected chi connectivity index (χ2v) is 2.93. The average Bonchev–Trinajstić information content (AvgIpc) is 1.86. The van der Waals surface area contributed by atoms with Gasteiger partial charge in [0.05, 0.1) is 0 Å². The monoisotopic (exact) mass is 150 g/mol. The second-order valence-electron chi connectivity index (χ2n) is 2.13. The molecule has 0 aromatic carbocycles. The molecule has 4 heteroatoms. The maximum atomic E-state index is 9.19. The third-order valence-electron chi connectivity index (χ3n) is 1.28. The van der Waals surface area contributed by atoms with E-state index in [1.807, 2.05) is 6.92 Å². The van der Waals surface area contributed by atoms with Crippen molar-refractivity contribution in [1.82, 2.24) is 0 Å². The predicted octanol–water partition coefficient (Wildman–Crippen LogP) is 0.472. The third kappa shape index (κ3) is 1.21. The molecule has 1 saturated heterocycles. The summed E-state index contributed by atoms with van der Waals surface area (Å²) in [5, 5.41) is 18.1. The molecule has 1 aliphatic heterocycles. The van der Waals surface area contributed by atoms with Crippen LogP contribution in [-0.2, 0) is 4.18 Å². The van der Waals surface area contributed by atoms with Gasteiger partial charge in [-0.3, -0.25) is 4.18 Å². The molecule has 0 radical (unpaired) electrons. The van der Waals surface area contributed by atoms with E-state index in [0.717, 1.165) is 18.5 Å². The Bertz CT molecular complexity index is 108. The van der Waals surface area contributed by atoms with Gasteiger partial charge in [0, 0.05) is 18.5 Å². The summed E-state index contributed by atoms with van der Waals surface area (Å²) in [5.41, 5.74) is -0.752. The zero-order valence-corrected chi connectivity index (χ0v) is 6.02. The van der Waals surface area contributed by atoms with Crippen molar-refractivity contribution in [2.75, 3.05) is 0 Å². The molecule has 1 heterocycles. The Morgan fingerprint density at radius 3 is 2.56 bits per heavy atom. The summed E-state index contributed by atoms with van der Waals surface area (Å²) in [4.78, 5) is 0. The van der Waals surface area contributed by atoms with Crippen LogP contribution in [-0.4, -0.2) is 21.4 Å². The highest BCUT2D eigenvalue weighted by atomic mass is 32.2.